The second-order valence-corrected chi connectivity index (χ2v) is 13.6. The van der Waals surface area contributed by atoms with Gasteiger partial charge in [0, 0.05) is 12.5 Å². The Morgan fingerprint density at radius 1 is 0.750 bits per heavy atom. The minimum absolute atomic E-state index is 0.110. The number of carbonyl (C=O) groups is 4. The Morgan fingerprint density at radius 3 is 1.88 bits per heavy atom. The molecule has 2 aromatic rings. The first-order chi connectivity index (χ1) is 25.1. The molecule has 5 atom stereocenters. The fraction of sp³-hybridized carbons (Fsp3) is 0.525. The molecule has 1 heterocycles. The van der Waals surface area contributed by atoms with Crippen molar-refractivity contribution in [3.05, 3.63) is 60.2 Å². The van der Waals surface area contributed by atoms with E-state index in [0.717, 1.165) is 30.4 Å². The molecule has 1 saturated heterocycles. The highest BCUT2D eigenvalue weighted by Crippen LogP contribution is 2.89. The summed E-state index contributed by atoms with van der Waals surface area (Å²) in [5.74, 6) is -4.31. The smallest absolute Gasteiger partial charge is 0.336 e. The van der Waals surface area contributed by atoms with E-state index < -0.39 is 69.7 Å². The molecule has 0 unspecified atom stereocenters. The van der Waals surface area contributed by atoms with Crippen LogP contribution in [0.4, 0.5) is 0 Å². The summed E-state index contributed by atoms with van der Waals surface area (Å²) < 4.78 is 29.7. The lowest BCUT2D eigenvalue weighted by atomic mass is 9.30. The van der Waals surface area contributed by atoms with Crippen LogP contribution in [0.5, 0.6) is 0 Å². The quantitative estimate of drug-likeness (QED) is 0.216. The fourth-order valence-corrected chi connectivity index (χ4v) is 9.65. The fourth-order valence-electron chi connectivity index (χ4n) is 9.65. The van der Waals surface area contributed by atoms with Gasteiger partial charge in [0.2, 0.25) is 0 Å². The highest BCUT2D eigenvalue weighted by Gasteiger charge is 3.07. The van der Waals surface area contributed by atoms with Gasteiger partial charge in [0.15, 0.2) is 22.3 Å². The number of benzene rings is 2. The van der Waals surface area contributed by atoms with Gasteiger partial charge in [-0.05, 0) is 57.2 Å². The van der Waals surface area contributed by atoms with Gasteiger partial charge in [-0.1, -0.05) is 73.9 Å². The zero-order valence-corrected chi connectivity index (χ0v) is 29.9. The molecule has 3 aliphatic carbocycles. The molecule has 3 saturated carbocycles. The summed E-state index contributed by atoms with van der Waals surface area (Å²) >= 11 is 0. The van der Waals surface area contributed by atoms with Crippen molar-refractivity contribution < 1.29 is 42.9 Å². The number of rotatable bonds is 11. The molecule has 0 radical (unpaired) electrons. The largest absolute Gasteiger partial charge is 0.465 e. The van der Waals surface area contributed by atoms with Crippen molar-refractivity contribution in [2.45, 2.75) is 84.0 Å². The Hall–Kier alpha value is -5.07. The third-order valence-electron chi connectivity index (χ3n) is 11.3. The van der Waals surface area contributed by atoms with Crippen LogP contribution in [0, 0.1) is 44.3 Å². The summed E-state index contributed by atoms with van der Waals surface area (Å²) in [5.41, 5.74) is -10.6. The maximum Gasteiger partial charge on any atom is 0.336 e. The van der Waals surface area contributed by atoms with E-state index in [-0.39, 0.29) is 37.7 Å². The van der Waals surface area contributed by atoms with E-state index in [1.165, 1.54) is 0 Å². The van der Waals surface area contributed by atoms with Gasteiger partial charge in [0.1, 0.15) is 11.0 Å². The molecule has 6 rings (SSSR count). The van der Waals surface area contributed by atoms with Crippen LogP contribution in [0.25, 0.3) is 11.1 Å². The van der Waals surface area contributed by atoms with Crippen molar-refractivity contribution in [2.24, 2.45) is 26.7 Å². The van der Waals surface area contributed by atoms with Crippen LogP contribution in [-0.2, 0) is 48.5 Å². The van der Waals surface area contributed by atoms with Crippen LogP contribution in [0.1, 0.15) is 71.8 Å². The van der Waals surface area contributed by atoms with E-state index in [9.17, 15) is 15.3 Å². The van der Waals surface area contributed by atoms with Gasteiger partial charge in [0.05, 0.1) is 44.3 Å². The van der Waals surface area contributed by atoms with E-state index in [1.54, 1.807) is 52.0 Å². The van der Waals surface area contributed by atoms with E-state index in [2.05, 4.69) is 12.1 Å². The Labute approximate surface area is 303 Å². The molecule has 52 heavy (non-hydrogen) atoms. The van der Waals surface area contributed by atoms with Crippen LogP contribution in [0.15, 0.2) is 59.6 Å². The first-order valence-corrected chi connectivity index (χ1v) is 18.1. The molecule has 0 bridgehead atoms. The highest BCUT2D eigenvalue weighted by molar-refractivity contribution is 6.33. The average molecular weight is 710 g/mol. The van der Waals surface area contributed by atoms with Crippen LogP contribution in [0.3, 0.4) is 0 Å². The number of aliphatic imine (C=N–C) groups is 1. The predicted molar refractivity (Wildman–Crippen MR) is 185 cm³/mol. The SMILES string of the molecule is CCOC(=O)[C@H]1O[C@]2(c3ccc(-c4ccccc4)cc3)CC(C#N)(C#N)[C@]3(C(=O)OCC)C(=NC4CCCCC4)[C@@]1(C(=O)OCC)[C@@]32C(=O)OCC. The van der Waals surface area contributed by atoms with Crippen molar-refractivity contribution in [3.8, 4) is 23.3 Å². The zero-order chi connectivity index (χ0) is 37.4. The molecule has 12 heteroatoms. The topological polar surface area (TPSA) is 174 Å². The third-order valence-corrected chi connectivity index (χ3v) is 11.3. The number of carbonyl (C=O) groups excluding carboxylic acids is 4. The molecule has 2 aromatic carbocycles. The molecule has 0 aromatic heterocycles. The first kappa shape index (κ1) is 36.7. The molecular formula is C40H43N3O9. The Kier molecular flexibility index (Phi) is 9.75. The average Bonchev–Trinajstić information content (AvgIpc) is 3.52. The van der Waals surface area contributed by atoms with Crippen LogP contribution < -0.4 is 0 Å². The molecule has 0 amide bonds. The number of nitriles is 2. The highest BCUT2D eigenvalue weighted by atomic mass is 16.6. The van der Waals surface area contributed by atoms with E-state index >= 15 is 14.4 Å². The van der Waals surface area contributed by atoms with Gasteiger partial charge >= 0.3 is 23.9 Å². The molecule has 1 aliphatic heterocycles. The van der Waals surface area contributed by atoms with Gasteiger partial charge in [-0.3, -0.25) is 19.4 Å². The van der Waals surface area contributed by atoms with Crippen molar-refractivity contribution >= 4 is 29.6 Å². The van der Waals surface area contributed by atoms with Gasteiger partial charge < -0.3 is 23.7 Å². The Bertz CT molecular complexity index is 1840. The maximum atomic E-state index is 15.3. The molecular weight excluding hydrogens is 666 g/mol. The summed E-state index contributed by atoms with van der Waals surface area (Å²) in [5, 5.41) is 22.4. The predicted octanol–water partition coefficient (Wildman–Crippen LogP) is 5.38. The van der Waals surface area contributed by atoms with Crippen molar-refractivity contribution in [1.29, 1.82) is 10.5 Å². The molecule has 0 spiro atoms. The zero-order valence-electron chi connectivity index (χ0n) is 29.9. The summed E-state index contributed by atoms with van der Waals surface area (Å²) in [6.45, 7) is 5.55. The number of hydrogen-bond donors (Lipinski definition) is 0. The van der Waals surface area contributed by atoms with Gasteiger partial charge in [-0.25, -0.2) is 4.79 Å². The molecule has 0 N–H and O–H groups in total. The van der Waals surface area contributed by atoms with Crippen molar-refractivity contribution in [2.75, 3.05) is 26.4 Å². The Morgan fingerprint density at radius 2 is 1.31 bits per heavy atom. The molecule has 12 nitrogen and oxygen atoms in total. The summed E-state index contributed by atoms with van der Waals surface area (Å²) in [4.78, 5) is 64.8. The van der Waals surface area contributed by atoms with E-state index in [4.69, 9.17) is 28.7 Å². The Balaban J connectivity index is 1.81. The van der Waals surface area contributed by atoms with Crippen LogP contribution >= 0.6 is 0 Å². The lowest BCUT2D eigenvalue weighted by Crippen LogP contribution is -2.85. The minimum atomic E-state index is -2.59. The molecule has 4 fully saturated rings. The third kappa shape index (κ3) is 4.43. The lowest BCUT2D eigenvalue weighted by molar-refractivity contribution is -0.209. The summed E-state index contributed by atoms with van der Waals surface area (Å²) in [7, 11) is 0. The maximum absolute atomic E-state index is 15.3. The van der Waals surface area contributed by atoms with Crippen molar-refractivity contribution in [1.82, 2.24) is 0 Å². The van der Waals surface area contributed by atoms with Crippen molar-refractivity contribution in [3.63, 3.8) is 0 Å². The number of hydrogen-bond acceptors (Lipinski definition) is 12. The first-order valence-electron chi connectivity index (χ1n) is 18.1. The van der Waals surface area contributed by atoms with Crippen LogP contribution in [0.2, 0.25) is 0 Å². The second kappa shape index (κ2) is 13.8. The standard InChI is InChI=1S/C40H43N3O9/c1-5-48-31(44)30-38(33(45)49-6-2)32(43-29-17-13-10-14-18-29)39(34(46)50-7-3)36(24-41,25-42)23-37(52-30,40(38,39)35(47)51-8-4)28-21-19-27(20-22-28)26-15-11-9-12-16-26/h9,11-12,15-16,19-22,29-30H,5-8,10,13-14,17-18,23H2,1-4H3/t30-,37+,38+,39-,40+/m1/s1. The van der Waals surface area contributed by atoms with Gasteiger partial charge in [0.25, 0.3) is 0 Å². The van der Waals surface area contributed by atoms with Gasteiger partial charge in [-0.2, -0.15) is 10.5 Å². The molecule has 4 aliphatic rings. The lowest BCUT2D eigenvalue weighted by Gasteiger charge is -2.64. The molecule has 272 valence electrons. The normalized spacial score (nSPS) is 30.6. The second-order valence-electron chi connectivity index (χ2n) is 13.6. The van der Waals surface area contributed by atoms with Gasteiger partial charge in [-0.15, -0.1) is 0 Å². The van der Waals surface area contributed by atoms with E-state index in [1.807, 2.05) is 30.3 Å². The number of esters is 4. The summed E-state index contributed by atoms with van der Waals surface area (Å²) in [6.07, 6.45) is 1.16. The minimum Gasteiger partial charge on any atom is -0.465 e. The summed E-state index contributed by atoms with van der Waals surface area (Å²) in [6, 6.07) is 20.1. The monoisotopic (exact) mass is 709 g/mol. The number of nitrogens with zero attached hydrogens (tertiary/aromatic N) is 3. The van der Waals surface area contributed by atoms with Crippen LogP contribution in [-0.4, -0.2) is 68.2 Å². The van der Waals surface area contributed by atoms with E-state index in [0.29, 0.717) is 12.8 Å². The number of ether oxygens (including phenoxy) is 5.